The molecule has 2 amide bonds. The SMILES string of the molecule is C[C@@H](C(=O)OCc1nc(-c2ccccc2)no1)N1C(=O)[C@H]2CC=CC[C@H]2C1=O. The number of hydrogen-bond acceptors (Lipinski definition) is 7. The normalized spacial score (nSPS) is 22.2. The molecule has 1 aliphatic carbocycles. The van der Waals surface area contributed by atoms with E-state index in [4.69, 9.17) is 9.26 Å². The summed E-state index contributed by atoms with van der Waals surface area (Å²) in [4.78, 5) is 42.7. The molecule has 8 heteroatoms. The van der Waals surface area contributed by atoms with Crippen molar-refractivity contribution < 1.29 is 23.6 Å². The maximum absolute atomic E-state index is 12.6. The van der Waals surface area contributed by atoms with E-state index < -0.39 is 12.0 Å². The van der Waals surface area contributed by atoms with Crippen LogP contribution < -0.4 is 0 Å². The van der Waals surface area contributed by atoms with Gasteiger partial charge in [-0.2, -0.15) is 4.98 Å². The van der Waals surface area contributed by atoms with Crippen molar-refractivity contribution in [1.29, 1.82) is 0 Å². The van der Waals surface area contributed by atoms with E-state index in [0.29, 0.717) is 18.7 Å². The van der Waals surface area contributed by atoms with Crippen molar-refractivity contribution in [3.05, 3.63) is 48.4 Å². The van der Waals surface area contributed by atoms with Gasteiger partial charge in [-0.3, -0.25) is 14.5 Å². The molecule has 1 saturated heterocycles. The van der Waals surface area contributed by atoms with Gasteiger partial charge in [0.2, 0.25) is 17.6 Å². The second-order valence-corrected chi connectivity index (χ2v) is 6.86. The molecule has 0 saturated carbocycles. The first-order valence-electron chi connectivity index (χ1n) is 9.13. The van der Waals surface area contributed by atoms with Crippen LogP contribution in [0.2, 0.25) is 0 Å². The minimum absolute atomic E-state index is 0.136. The summed E-state index contributed by atoms with van der Waals surface area (Å²) in [5, 5.41) is 3.86. The fourth-order valence-corrected chi connectivity index (χ4v) is 3.58. The van der Waals surface area contributed by atoms with Crippen molar-refractivity contribution in [1.82, 2.24) is 15.0 Å². The number of fused-ring (bicyclic) bond motifs is 1. The molecule has 1 aromatic heterocycles. The van der Waals surface area contributed by atoms with Gasteiger partial charge in [-0.25, -0.2) is 4.79 Å². The Hall–Kier alpha value is -3.29. The van der Waals surface area contributed by atoms with Crippen molar-refractivity contribution in [3.63, 3.8) is 0 Å². The van der Waals surface area contributed by atoms with Crippen LogP contribution >= 0.6 is 0 Å². The fourth-order valence-electron chi connectivity index (χ4n) is 3.58. The largest absolute Gasteiger partial charge is 0.454 e. The van der Waals surface area contributed by atoms with E-state index in [1.165, 1.54) is 6.92 Å². The zero-order valence-corrected chi connectivity index (χ0v) is 15.3. The van der Waals surface area contributed by atoms with E-state index in [1.807, 2.05) is 42.5 Å². The van der Waals surface area contributed by atoms with E-state index in [-0.39, 0.29) is 36.1 Å². The fraction of sp³-hybridized carbons (Fsp3) is 0.350. The first-order chi connectivity index (χ1) is 13.6. The molecule has 2 heterocycles. The number of imide groups is 1. The Bertz CT molecular complexity index is 910. The van der Waals surface area contributed by atoms with Gasteiger partial charge < -0.3 is 9.26 Å². The number of carbonyl (C=O) groups is 3. The van der Waals surface area contributed by atoms with Crippen LogP contribution in [0.4, 0.5) is 0 Å². The highest BCUT2D eigenvalue weighted by molar-refractivity contribution is 6.08. The molecule has 0 bridgehead atoms. The number of likely N-dealkylation sites (tertiary alicyclic amines) is 1. The van der Waals surface area contributed by atoms with Crippen molar-refractivity contribution in [2.75, 3.05) is 0 Å². The number of nitrogens with zero attached hydrogens (tertiary/aromatic N) is 3. The minimum Gasteiger partial charge on any atom is -0.454 e. The smallest absolute Gasteiger partial charge is 0.329 e. The van der Waals surface area contributed by atoms with Crippen molar-refractivity contribution in [2.24, 2.45) is 11.8 Å². The molecular formula is C20H19N3O5. The van der Waals surface area contributed by atoms with E-state index in [2.05, 4.69) is 10.1 Å². The van der Waals surface area contributed by atoms with Crippen LogP contribution in [0.5, 0.6) is 0 Å². The van der Waals surface area contributed by atoms with Crippen molar-refractivity contribution in [2.45, 2.75) is 32.4 Å². The van der Waals surface area contributed by atoms with E-state index in [0.717, 1.165) is 10.5 Å². The zero-order chi connectivity index (χ0) is 19.7. The summed E-state index contributed by atoms with van der Waals surface area (Å²) in [5.74, 6) is -1.54. The van der Waals surface area contributed by atoms with E-state index in [1.54, 1.807) is 0 Å². The lowest BCUT2D eigenvalue weighted by Crippen LogP contribution is -2.44. The molecule has 0 spiro atoms. The Labute approximate surface area is 161 Å². The van der Waals surface area contributed by atoms with E-state index >= 15 is 0 Å². The molecule has 1 fully saturated rings. The van der Waals surface area contributed by atoms with Crippen LogP contribution in [-0.4, -0.2) is 38.9 Å². The Balaban J connectivity index is 1.38. The van der Waals surface area contributed by atoms with E-state index in [9.17, 15) is 14.4 Å². The van der Waals surface area contributed by atoms with Crippen LogP contribution in [0.25, 0.3) is 11.4 Å². The highest BCUT2D eigenvalue weighted by atomic mass is 16.6. The summed E-state index contributed by atoms with van der Waals surface area (Å²) in [5.41, 5.74) is 0.779. The van der Waals surface area contributed by atoms with Crippen molar-refractivity contribution in [3.8, 4) is 11.4 Å². The summed E-state index contributed by atoms with van der Waals surface area (Å²) >= 11 is 0. The number of allylic oxidation sites excluding steroid dienone is 2. The molecule has 1 aromatic carbocycles. The molecule has 144 valence electrons. The Morgan fingerprint density at radius 2 is 1.82 bits per heavy atom. The number of hydrogen-bond donors (Lipinski definition) is 0. The average Bonchev–Trinajstić information content (AvgIpc) is 3.30. The summed E-state index contributed by atoms with van der Waals surface area (Å²) in [6.07, 6.45) is 4.85. The monoisotopic (exact) mass is 381 g/mol. The number of rotatable bonds is 5. The number of benzene rings is 1. The molecule has 1 aliphatic heterocycles. The highest BCUT2D eigenvalue weighted by Crippen LogP contribution is 2.36. The third-order valence-electron chi connectivity index (χ3n) is 5.11. The summed E-state index contributed by atoms with van der Waals surface area (Å²) in [6, 6.07) is 8.25. The molecule has 2 aliphatic rings. The molecule has 28 heavy (non-hydrogen) atoms. The molecule has 0 N–H and O–H groups in total. The Morgan fingerprint density at radius 3 is 2.46 bits per heavy atom. The summed E-state index contributed by atoms with van der Waals surface area (Å²) in [7, 11) is 0. The molecule has 3 atom stereocenters. The summed E-state index contributed by atoms with van der Waals surface area (Å²) < 4.78 is 10.3. The van der Waals surface area contributed by atoms with Gasteiger partial charge in [0.25, 0.3) is 5.89 Å². The van der Waals surface area contributed by atoms with Crippen LogP contribution in [0.1, 0.15) is 25.7 Å². The van der Waals surface area contributed by atoms with Gasteiger partial charge >= 0.3 is 5.97 Å². The van der Waals surface area contributed by atoms with Crippen LogP contribution in [0.15, 0.2) is 47.0 Å². The van der Waals surface area contributed by atoms with Crippen LogP contribution in [0, 0.1) is 11.8 Å². The maximum Gasteiger partial charge on any atom is 0.329 e. The molecule has 4 rings (SSSR count). The lowest BCUT2D eigenvalue weighted by Gasteiger charge is -2.21. The topological polar surface area (TPSA) is 103 Å². The number of esters is 1. The second-order valence-electron chi connectivity index (χ2n) is 6.86. The van der Waals surface area contributed by atoms with Gasteiger partial charge in [0.05, 0.1) is 11.8 Å². The molecule has 2 aromatic rings. The first kappa shape index (κ1) is 18.1. The van der Waals surface area contributed by atoms with Gasteiger partial charge in [0.1, 0.15) is 6.04 Å². The summed E-state index contributed by atoms with van der Waals surface area (Å²) in [6.45, 7) is 1.26. The average molecular weight is 381 g/mol. The number of amides is 2. The second kappa shape index (κ2) is 7.38. The Morgan fingerprint density at radius 1 is 1.18 bits per heavy atom. The maximum atomic E-state index is 12.6. The van der Waals surface area contributed by atoms with Gasteiger partial charge in [-0.15, -0.1) is 0 Å². The van der Waals surface area contributed by atoms with Gasteiger partial charge in [0.15, 0.2) is 6.61 Å². The standard InChI is InChI=1S/C20H19N3O5/c1-12(23-18(24)14-9-5-6-10-15(14)19(23)25)20(26)27-11-16-21-17(22-28-16)13-7-3-2-4-8-13/h2-8,12,14-15H,9-11H2,1H3/t12-,14-,15+/m0/s1. The zero-order valence-electron chi connectivity index (χ0n) is 15.3. The predicted octanol–water partition coefficient (Wildman–Crippen LogP) is 2.12. The lowest BCUT2D eigenvalue weighted by atomic mass is 9.85. The molecule has 0 unspecified atom stereocenters. The third-order valence-corrected chi connectivity index (χ3v) is 5.11. The molecular weight excluding hydrogens is 362 g/mol. The molecule has 0 radical (unpaired) electrons. The predicted molar refractivity (Wildman–Crippen MR) is 96.2 cm³/mol. The van der Waals surface area contributed by atoms with Gasteiger partial charge in [-0.05, 0) is 19.8 Å². The van der Waals surface area contributed by atoms with Crippen LogP contribution in [0.3, 0.4) is 0 Å². The number of carbonyl (C=O) groups excluding carboxylic acids is 3. The minimum atomic E-state index is -0.998. The Kier molecular flexibility index (Phi) is 4.77. The molecule has 8 nitrogen and oxygen atoms in total. The number of aromatic nitrogens is 2. The lowest BCUT2D eigenvalue weighted by molar-refractivity contribution is -0.159. The van der Waals surface area contributed by atoms with Gasteiger partial charge in [-0.1, -0.05) is 47.6 Å². The van der Waals surface area contributed by atoms with Crippen molar-refractivity contribution >= 4 is 17.8 Å². The quantitative estimate of drug-likeness (QED) is 0.444. The number of ether oxygens (including phenoxy) is 1. The van der Waals surface area contributed by atoms with Crippen LogP contribution in [-0.2, 0) is 25.7 Å². The first-order valence-corrected chi connectivity index (χ1v) is 9.13. The highest BCUT2D eigenvalue weighted by Gasteiger charge is 2.50. The van der Waals surface area contributed by atoms with Gasteiger partial charge in [0, 0.05) is 5.56 Å². The third kappa shape index (κ3) is 3.21.